The topological polar surface area (TPSA) is 29.0 Å². The molecule has 1 heterocycles. The minimum atomic E-state index is 0.181. The van der Waals surface area contributed by atoms with E-state index in [9.17, 15) is 0 Å². The summed E-state index contributed by atoms with van der Waals surface area (Å²) in [5.74, 6) is 1.73. The van der Waals surface area contributed by atoms with Gasteiger partial charge in [-0.15, -0.1) is 0 Å². The van der Waals surface area contributed by atoms with Crippen LogP contribution in [0.15, 0.2) is 34.9 Å². The van der Waals surface area contributed by atoms with Crippen molar-refractivity contribution >= 4 is 33.3 Å². The lowest BCUT2D eigenvalue weighted by Crippen LogP contribution is -2.23. The van der Waals surface area contributed by atoms with Gasteiger partial charge in [0.1, 0.15) is 16.2 Å². The molecule has 20 heavy (non-hydrogen) atoms. The lowest BCUT2D eigenvalue weighted by atomic mass is 10.1. The largest absolute Gasteiger partial charge is 0.353 e. The summed E-state index contributed by atoms with van der Waals surface area (Å²) in [6, 6.07) is 10.0. The molecule has 0 saturated carbocycles. The molecular formula is C15H17BrClN3. The summed E-state index contributed by atoms with van der Waals surface area (Å²) in [6.07, 6.45) is 0.811. The van der Waals surface area contributed by atoms with E-state index in [2.05, 4.69) is 43.8 Å². The predicted molar refractivity (Wildman–Crippen MR) is 87.4 cm³/mol. The average Bonchev–Trinajstić information content (AvgIpc) is 2.45. The average molecular weight is 355 g/mol. The molecule has 2 rings (SSSR count). The lowest BCUT2D eigenvalue weighted by molar-refractivity contribution is 0.721. The van der Waals surface area contributed by atoms with Gasteiger partial charge in [-0.3, -0.25) is 0 Å². The Hall–Kier alpha value is -1.13. The number of benzene rings is 1. The summed E-state index contributed by atoms with van der Waals surface area (Å²) in [5.41, 5.74) is 1.16. The summed E-state index contributed by atoms with van der Waals surface area (Å²) >= 11 is 9.50. The van der Waals surface area contributed by atoms with Crippen LogP contribution in [0, 0.1) is 0 Å². The molecule has 0 N–H and O–H groups in total. The van der Waals surface area contributed by atoms with Crippen LogP contribution in [-0.2, 0) is 6.42 Å². The highest BCUT2D eigenvalue weighted by Gasteiger charge is 2.15. The van der Waals surface area contributed by atoms with Gasteiger partial charge in [-0.05, 0) is 40.5 Å². The van der Waals surface area contributed by atoms with Crippen LogP contribution in [0.4, 0.5) is 5.82 Å². The number of aryl methyl sites for hydroxylation is 1. The molecule has 5 heteroatoms. The van der Waals surface area contributed by atoms with E-state index < -0.39 is 0 Å². The van der Waals surface area contributed by atoms with Crippen molar-refractivity contribution in [2.45, 2.75) is 26.3 Å². The predicted octanol–water partition coefficient (Wildman–Crippen LogP) is 4.65. The second-order valence-corrected chi connectivity index (χ2v) is 5.91. The van der Waals surface area contributed by atoms with E-state index in [0.29, 0.717) is 0 Å². The van der Waals surface area contributed by atoms with E-state index in [1.807, 2.05) is 38.2 Å². The molecule has 0 aliphatic rings. The zero-order valence-electron chi connectivity index (χ0n) is 11.8. The van der Waals surface area contributed by atoms with E-state index in [1.165, 1.54) is 0 Å². The van der Waals surface area contributed by atoms with Crippen LogP contribution in [0.2, 0.25) is 5.02 Å². The van der Waals surface area contributed by atoms with Crippen LogP contribution >= 0.6 is 27.5 Å². The summed E-state index contributed by atoms with van der Waals surface area (Å²) in [6.45, 7) is 4.18. The fourth-order valence-corrected chi connectivity index (χ4v) is 2.59. The summed E-state index contributed by atoms with van der Waals surface area (Å²) in [7, 11) is 2.03. The first-order valence-corrected chi connectivity index (χ1v) is 7.70. The Kier molecular flexibility index (Phi) is 5.00. The fourth-order valence-electron chi connectivity index (χ4n) is 1.98. The van der Waals surface area contributed by atoms with Crippen molar-refractivity contribution in [3.63, 3.8) is 0 Å². The maximum absolute atomic E-state index is 6.06. The highest BCUT2D eigenvalue weighted by atomic mass is 79.9. The van der Waals surface area contributed by atoms with Crippen molar-refractivity contribution in [3.05, 3.63) is 51.3 Å². The first-order valence-electron chi connectivity index (χ1n) is 6.53. The molecule has 0 aliphatic heterocycles. The molecule has 2 aromatic rings. The van der Waals surface area contributed by atoms with Crippen LogP contribution < -0.4 is 4.90 Å². The summed E-state index contributed by atoms with van der Waals surface area (Å²) < 4.78 is 0.810. The number of nitrogens with zero attached hydrogens (tertiary/aromatic N) is 3. The van der Waals surface area contributed by atoms with Gasteiger partial charge in [0.2, 0.25) is 0 Å². The SMILES string of the molecule is CCc1nc(Br)cc(N(C)C(C)c2cccc(Cl)c2)n1. The van der Waals surface area contributed by atoms with Gasteiger partial charge >= 0.3 is 0 Å². The Labute approximate surface area is 133 Å². The second-order valence-electron chi connectivity index (χ2n) is 4.66. The Morgan fingerprint density at radius 1 is 1.30 bits per heavy atom. The van der Waals surface area contributed by atoms with Gasteiger partial charge in [0, 0.05) is 24.6 Å². The van der Waals surface area contributed by atoms with Gasteiger partial charge in [-0.1, -0.05) is 30.7 Å². The number of anilines is 1. The first-order chi connectivity index (χ1) is 9.51. The Morgan fingerprint density at radius 2 is 2.05 bits per heavy atom. The smallest absolute Gasteiger partial charge is 0.133 e. The number of hydrogen-bond acceptors (Lipinski definition) is 3. The zero-order valence-corrected chi connectivity index (χ0v) is 14.1. The second kappa shape index (κ2) is 6.55. The third-order valence-electron chi connectivity index (χ3n) is 3.32. The van der Waals surface area contributed by atoms with Gasteiger partial charge < -0.3 is 4.90 Å². The summed E-state index contributed by atoms with van der Waals surface area (Å²) in [4.78, 5) is 11.0. The van der Waals surface area contributed by atoms with Crippen LogP contribution in [0.3, 0.4) is 0 Å². The zero-order chi connectivity index (χ0) is 14.7. The first kappa shape index (κ1) is 15.3. The van der Waals surface area contributed by atoms with E-state index in [0.717, 1.165) is 33.3 Å². The normalized spacial score (nSPS) is 12.2. The Bertz CT molecular complexity index is 603. The minimum absolute atomic E-state index is 0.181. The Morgan fingerprint density at radius 3 is 2.70 bits per heavy atom. The molecule has 1 unspecified atom stereocenters. The van der Waals surface area contributed by atoms with E-state index in [4.69, 9.17) is 11.6 Å². The highest BCUT2D eigenvalue weighted by Crippen LogP contribution is 2.26. The third kappa shape index (κ3) is 3.49. The molecule has 1 aromatic carbocycles. The number of rotatable bonds is 4. The van der Waals surface area contributed by atoms with Crippen molar-refractivity contribution in [2.24, 2.45) is 0 Å². The standard InChI is InChI=1S/C15H17BrClN3/c1-4-14-18-13(16)9-15(19-14)20(3)10(2)11-6-5-7-12(17)8-11/h5-10H,4H2,1-3H3. The quantitative estimate of drug-likeness (QED) is 0.748. The van der Waals surface area contributed by atoms with Crippen molar-refractivity contribution in [2.75, 3.05) is 11.9 Å². The molecule has 3 nitrogen and oxygen atoms in total. The van der Waals surface area contributed by atoms with Gasteiger partial charge in [0.15, 0.2) is 0 Å². The third-order valence-corrected chi connectivity index (χ3v) is 3.96. The van der Waals surface area contributed by atoms with Crippen molar-refractivity contribution < 1.29 is 0 Å². The molecule has 1 aromatic heterocycles. The van der Waals surface area contributed by atoms with E-state index in [1.54, 1.807) is 0 Å². The number of aromatic nitrogens is 2. The van der Waals surface area contributed by atoms with E-state index in [-0.39, 0.29) is 6.04 Å². The van der Waals surface area contributed by atoms with Crippen molar-refractivity contribution in [1.82, 2.24) is 9.97 Å². The molecule has 0 amide bonds. The minimum Gasteiger partial charge on any atom is -0.353 e. The molecule has 0 spiro atoms. The van der Waals surface area contributed by atoms with Gasteiger partial charge in [0.25, 0.3) is 0 Å². The molecule has 0 bridgehead atoms. The monoisotopic (exact) mass is 353 g/mol. The molecule has 0 aliphatic carbocycles. The van der Waals surface area contributed by atoms with Gasteiger partial charge in [-0.25, -0.2) is 9.97 Å². The molecule has 1 atom stereocenters. The summed E-state index contributed by atoms with van der Waals surface area (Å²) in [5, 5.41) is 0.751. The number of halogens is 2. The van der Waals surface area contributed by atoms with E-state index >= 15 is 0 Å². The maximum atomic E-state index is 6.06. The van der Waals surface area contributed by atoms with Crippen LogP contribution in [-0.4, -0.2) is 17.0 Å². The van der Waals surface area contributed by atoms with Crippen molar-refractivity contribution in [3.8, 4) is 0 Å². The molecular weight excluding hydrogens is 338 g/mol. The maximum Gasteiger partial charge on any atom is 0.133 e. The fraction of sp³-hybridized carbons (Fsp3) is 0.333. The Balaban J connectivity index is 2.30. The van der Waals surface area contributed by atoms with Gasteiger partial charge in [0.05, 0.1) is 6.04 Å². The molecule has 0 fully saturated rings. The molecule has 0 radical (unpaired) electrons. The lowest BCUT2D eigenvalue weighted by Gasteiger charge is -2.26. The molecule has 0 saturated heterocycles. The highest BCUT2D eigenvalue weighted by molar-refractivity contribution is 9.10. The number of hydrogen-bond donors (Lipinski definition) is 0. The van der Waals surface area contributed by atoms with Crippen molar-refractivity contribution in [1.29, 1.82) is 0 Å². The van der Waals surface area contributed by atoms with Crippen LogP contribution in [0.1, 0.15) is 31.3 Å². The molecule has 106 valence electrons. The van der Waals surface area contributed by atoms with Crippen LogP contribution in [0.25, 0.3) is 0 Å². The van der Waals surface area contributed by atoms with Crippen LogP contribution in [0.5, 0.6) is 0 Å². The van der Waals surface area contributed by atoms with Gasteiger partial charge in [-0.2, -0.15) is 0 Å².